The van der Waals surface area contributed by atoms with Gasteiger partial charge in [-0.3, -0.25) is 0 Å². The molecule has 0 saturated carbocycles. The van der Waals surface area contributed by atoms with Crippen LogP contribution >= 0.6 is 0 Å². The van der Waals surface area contributed by atoms with Crippen LogP contribution in [0.5, 0.6) is 0 Å². The molecule has 0 aromatic rings. The van der Waals surface area contributed by atoms with Gasteiger partial charge in [-0.15, -0.1) is 0 Å². The van der Waals surface area contributed by atoms with Crippen LogP contribution in [0.25, 0.3) is 0 Å². The highest BCUT2D eigenvalue weighted by molar-refractivity contribution is 5.52. The van der Waals surface area contributed by atoms with Gasteiger partial charge in [0.1, 0.15) is 6.07 Å². The molecule has 0 aromatic carbocycles. The van der Waals surface area contributed by atoms with Gasteiger partial charge in [0.25, 0.3) is 0 Å². The maximum Gasteiger partial charge on any atom is 0.101 e. The van der Waals surface area contributed by atoms with Crippen LogP contribution in [-0.4, -0.2) is 30.2 Å². The molecule has 110 valence electrons. The van der Waals surface area contributed by atoms with Crippen molar-refractivity contribution >= 4 is 0 Å². The lowest BCUT2D eigenvalue weighted by molar-refractivity contribution is -0.0105. The molecule has 1 atom stereocenters. The van der Waals surface area contributed by atoms with Gasteiger partial charge in [-0.1, -0.05) is 13.8 Å². The zero-order chi connectivity index (χ0) is 15.1. The summed E-state index contributed by atoms with van der Waals surface area (Å²) in [5.74, 6) is 0.529. The Morgan fingerprint density at radius 3 is 2.60 bits per heavy atom. The first kappa shape index (κ1) is 15.1. The number of hydrogen-bond acceptors (Lipinski definition) is 3. The summed E-state index contributed by atoms with van der Waals surface area (Å²) in [6.07, 6.45) is 1.77. The van der Waals surface area contributed by atoms with Crippen molar-refractivity contribution in [2.75, 3.05) is 13.7 Å². The number of nitriles is 1. The molecule has 0 aliphatic carbocycles. The zero-order valence-electron chi connectivity index (χ0n) is 13.6. The summed E-state index contributed by atoms with van der Waals surface area (Å²) in [4.78, 5) is 2.28. The molecular weight excluding hydrogens is 248 g/mol. The van der Waals surface area contributed by atoms with Crippen LogP contribution < -0.4 is 0 Å². The lowest BCUT2D eigenvalue weighted by Crippen LogP contribution is -2.40. The van der Waals surface area contributed by atoms with Crippen LogP contribution in [0.3, 0.4) is 0 Å². The van der Waals surface area contributed by atoms with E-state index in [2.05, 4.69) is 52.6 Å². The number of likely N-dealkylation sites (N-methyl/N-ethyl adjacent to an activating group) is 1. The highest BCUT2D eigenvalue weighted by Gasteiger charge is 2.37. The second-order valence-electron chi connectivity index (χ2n) is 6.91. The summed E-state index contributed by atoms with van der Waals surface area (Å²) in [5.41, 5.74) is 4.43. The van der Waals surface area contributed by atoms with E-state index < -0.39 is 0 Å². The van der Waals surface area contributed by atoms with Gasteiger partial charge in [-0.2, -0.15) is 5.26 Å². The van der Waals surface area contributed by atoms with E-state index in [4.69, 9.17) is 4.74 Å². The minimum absolute atomic E-state index is 0.184. The molecular formula is C17H26N2O. The summed E-state index contributed by atoms with van der Waals surface area (Å²) < 4.78 is 5.98. The van der Waals surface area contributed by atoms with Crippen LogP contribution in [0.1, 0.15) is 47.5 Å². The second-order valence-corrected chi connectivity index (χ2v) is 6.91. The van der Waals surface area contributed by atoms with Crippen molar-refractivity contribution in [3.63, 3.8) is 0 Å². The molecule has 2 rings (SSSR count). The Hall–Kier alpha value is -1.27. The number of hydrogen-bond donors (Lipinski definition) is 0. The first-order valence-electron chi connectivity index (χ1n) is 7.48. The fourth-order valence-corrected chi connectivity index (χ4v) is 3.59. The molecule has 3 heteroatoms. The van der Waals surface area contributed by atoms with E-state index in [-0.39, 0.29) is 5.60 Å². The Balaban J connectivity index is 2.58. The molecule has 3 nitrogen and oxygen atoms in total. The topological polar surface area (TPSA) is 36.3 Å². The number of ether oxygens (including phenoxy) is 1. The van der Waals surface area contributed by atoms with Crippen LogP contribution in [0.15, 0.2) is 22.4 Å². The number of rotatable bonds is 1. The van der Waals surface area contributed by atoms with Crippen LogP contribution in [0.2, 0.25) is 0 Å². The smallest absolute Gasteiger partial charge is 0.101 e. The minimum atomic E-state index is -0.184. The fourth-order valence-electron chi connectivity index (χ4n) is 3.59. The Morgan fingerprint density at radius 1 is 1.40 bits per heavy atom. The van der Waals surface area contributed by atoms with E-state index in [1.165, 1.54) is 11.1 Å². The van der Waals surface area contributed by atoms with Gasteiger partial charge in [0.2, 0.25) is 0 Å². The lowest BCUT2D eigenvalue weighted by Gasteiger charge is -2.41. The van der Waals surface area contributed by atoms with Gasteiger partial charge in [-0.05, 0) is 44.3 Å². The molecule has 2 aliphatic heterocycles. The molecule has 0 aromatic heterocycles. The third-order valence-corrected chi connectivity index (χ3v) is 4.56. The summed E-state index contributed by atoms with van der Waals surface area (Å²) in [5, 5.41) is 9.60. The quantitative estimate of drug-likeness (QED) is 0.732. The van der Waals surface area contributed by atoms with Gasteiger partial charge in [0.05, 0.1) is 23.8 Å². The molecule has 0 fully saturated rings. The van der Waals surface area contributed by atoms with Crippen molar-refractivity contribution in [3.05, 3.63) is 22.4 Å². The molecule has 0 amide bonds. The average Bonchev–Trinajstić information content (AvgIpc) is 2.48. The Labute approximate surface area is 122 Å². The summed E-state index contributed by atoms with van der Waals surface area (Å²) in [6.45, 7) is 11.6. The second kappa shape index (κ2) is 5.26. The largest absolute Gasteiger partial charge is 0.375 e. The minimum Gasteiger partial charge on any atom is -0.375 e. The van der Waals surface area contributed by atoms with Crippen molar-refractivity contribution in [2.45, 2.75) is 59.1 Å². The molecule has 0 radical (unpaired) electrons. The Bertz CT molecular complexity index is 506. The van der Waals surface area contributed by atoms with Crippen molar-refractivity contribution in [2.24, 2.45) is 5.92 Å². The monoisotopic (exact) mass is 274 g/mol. The molecule has 0 N–H and O–H groups in total. The zero-order valence-corrected chi connectivity index (χ0v) is 13.6. The van der Waals surface area contributed by atoms with Crippen LogP contribution in [0, 0.1) is 17.2 Å². The lowest BCUT2D eigenvalue weighted by atomic mass is 9.80. The van der Waals surface area contributed by atoms with Gasteiger partial charge in [0.15, 0.2) is 0 Å². The van der Waals surface area contributed by atoms with Crippen LogP contribution in [-0.2, 0) is 4.74 Å². The Kier molecular flexibility index (Phi) is 3.97. The van der Waals surface area contributed by atoms with E-state index in [1.807, 2.05) is 0 Å². The normalized spacial score (nSPS) is 26.5. The van der Waals surface area contributed by atoms with Gasteiger partial charge >= 0.3 is 0 Å². The average molecular weight is 274 g/mol. The third-order valence-electron chi connectivity index (χ3n) is 4.56. The van der Waals surface area contributed by atoms with Crippen molar-refractivity contribution in [1.29, 1.82) is 5.26 Å². The highest BCUT2D eigenvalue weighted by Crippen LogP contribution is 2.41. The molecule has 2 aliphatic rings. The maximum atomic E-state index is 9.60. The molecule has 1 unspecified atom stereocenters. The van der Waals surface area contributed by atoms with E-state index in [9.17, 15) is 5.26 Å². The fraction of sp³-hybridized carbons (Fsp3) is 0.706. The van der Waals surface area contributed by atoms with Gasteiger partial charge in [-0.25, -0.2) is 0 Å². The molecule has 0 spiro atoms. The Morgan fingerprint density at radius 2 is 2.05 bits per heavy atom. The van der Waals surface area contributed by atoms with E-state index in [0.29, 0.717) is 12.0 Å². The van der Waals surface area contributed by atoms with E-state index >= 15 is 0 Å². The summed E-state index contributed by atoms with van der Waals surface area (Å²) in [6, 6.07) is 2.82. The van der Waals surface area contributed by atoms with Crippen molar-refractivity contribution in [3.8, 4) is 6.07 Å². The van der Waals surface area contributed by atoms with Gasteiger partial charge in [0, 0.05) is 19.2 Å². The summed E-state index contributed by atoms with van der Waals surface area (Å²) >= 11 is 0. The highest BCUT2D eigenvalue weighted by atomic mass is 16.5. The molecule has 0 bridgehead atoms. The molecule has 2 heterocycles. The first-order chi connectivity index (χ1) is 9.28. The van der Waals surface area contributed by atoms with Gasteiger partial charge < -0.3 is 9.64 Å². The van der Waals surface area contributed by atoms with E-state index in [0.717, 1.165) is 30.7 Å². The first-order valence-corrected chi connectivity index (χ1v) is 7.48. The molecule has 0 saturated heterocycles. The molecule has 20 heavy (non-hydrogen) atoms. The third kappa shape index (κ3) is 2.50. The number of allylic oxidation sites excluding steroid dienone is 2. The van der Waals surface area contributed by atoms with Crippen molar-refractivity contribution < 1.29 is 4.74 Å². The predicted octanol–water partition coefficient (Wildman–Crippen LogP) is 3.64. The number of nitrogens with zero attached hydrogens (tertiary/aromatic N) is 2. The van der Waals surface area contributed by atoms with Crippen LogP contribution in [0.4, 0.5) is 0 Å². The van der Waals surface area contributed by atoms with Crippen molar-refractivity contribution in [1.82, 2.24) is 4.90 Å². The predicted molar refractivity (Wildman–Crippen MR) is 81.0 cm³/mol. The maximum absolute atomic E-state index is 9.60. The SMILES string of the molecule is CC1=C(C#N)C2=C(CCOC(C)(C)C2)C(C(C)C)N1C. The van der Waals surface area contributed by atoms with E-state index in [1.54, 1.807) is 0 Å². The standard InChI is InChI=1S/C17H26N2O/c1-11(2)16-13-7-8-20-17(4,5)9-14(13)15(10-18)12(3)19(16)6/h11,16H,7-9H2,1-6H3. The summed E-state index contributed by atoms with van der Waals surface area (Å²) in [7, 11) is 2.11.